The third kappa shape index (κ3) is 5.08. The van der Waals surface area contributed by atoms with Crippen LogP contribution in [-0.4, -0.2) is 25.1 Å². The van der Waals surface area contributed by atoms with Crippen LogP contribution in [0.1, 0.15) is 12.0 Å². The van der Waals surface area contributed by atoms with Gasteiger partial charge in [0.15, 0.2) is 15.0 Å². The van der Waals surface area contributed by atoms with Gasteiger partial charge in [0.1, 0.15) is 4.34 Å². The van der Waals surface area contributed by atoms with Crippen molar-refractivity contribution in [3.63, 3.8) is 0 Å². The topological polar surface area (TPSA) is 76.1 Å². The monoisotopic (exact) mass is 460 g/mol. The highest BCUT2D eigenvalue weighted by Crippen LogP contribution is 2.39. The maximum absolute atomic E-state index is 12.3. The molecule has 0 saturated carbocycles. The molecule has 0 fully saturated rings. The lowest BCUT2D eigenvalue weighted by molar-refractivity contribution is -0.115. The average molecular weight is 461 g/mol. The van der Waals surface area contributed by atoms with E-state index in [1.54, 1.807) is 35.7 Å². The van der Waals surface area contributed by atoms with Crippen LogP contribution in [0.15, 0.2) is 40.6 Å². The van der Waals surface area contributed by atoms with Gasteiger partial charge in [-0.15, -0.1) is 22.7 Å². The van der Waals surface area contributed by atoms with Crippen LogP contribution in [-0.2, 0) is 14.6 Å². The number of carbonyl (C=O) groups excluding carboxylic acids is 1. The fourth-order valence-electron chi connectivity index (χ4n) is 2.24. The van der Waals surface area contributed by atoms with Crippen LogP contribution >= 0.6 is 45.9 Å². The second-order valence-electron chi connectivity index (χ2n) is 5.71. The van der Waals surface area contributed by atoms with Crippen molar-refractivity contribution in [1.29, 1.82) is 0 Å². The van der Waals surface area contributed by atoms with Crippen LogP contribution in [0.5, 0.6) is 0 Å². The molecule has 1 N–H and O–H groups in total. The van der Waals surface area contributed by atoms with Gasteiger partial charge in [-0.05, 0) is 25.1 Å². The van der Waals surface area contributed by atoms with E-state index in [2.05, 4.69) is 10.3 Å². The Labute approximate surface area is 174 Å². The van der Waals surface area contributed by atoms with Crippen LogP contribution in [0.3, 0.4) is 0 Å². The molecule has 2 heterocycles. The highest BCUT2D eigenvalue weighted by atomic mass is 35.5. The Morgan fingerprint density at radius 3 is 2.56 bits per heavy atom. The van der Waals surface area contributed by atoms with E-state index in [0.29, 0.717) is 25.1 Å². The molecule has 0 aliphatic carbocycles. The number of halogens is 2. The van der Waals surface area contributed by atoms with Crippen LogP contribution in [0.4, 0.5) is 5.13 Å². The maximum atomic E-state index is 12.3. The van der Waals surface area contributed by atoms with Crippen molar-refractivity contribution < 1.29 is 13.2 Å². The number of anilines is 1. The number of rotatable bonds is 6. The highest BCUT2D eigenvalue weighted by molar-refractivity contribution is 7.91. The molecule has 142 valence electrons. The fraction of sp³-hybridized carbons (Fsp3) is 0.176. The first-order valence-corrected chi connectivity index (χ1v) is 11.8. The molecule has 0 bridgehead atoms. The predicted molar refractivity (Wildman–Crippen MR) is 112 cm³/mol. The largest absolute Gasteiger partial charge is 0.302 e. The first-order valence-electron chi connectivity index (χ1n) is 7.74. The van der Waals surface area contributed by atoms with Gasteiger partial charge < -0.3 is 5.32 Å². The summed E-state index contributed by atoms with van der Waals surface area (Å²) < 4.78 is 25.7. The molecule has 5 nitrogen and oxygen atoms in total. The standard InChI is InChI=1S/C17H14Cl2N2O3S3/c1-10-2-4-11(5-3-10)27(23,24)7-6-15(22)21-17-20-13(9-25-17)12-8-14(18)26-16(12)19/h2-5,8-9H,6-7H2,1H3,(H,20,21,22). The molecule has 0 aliphatic rings. The van der Waals surface area contributed by atoms with Crippen molar-refractivity contribution in [3.8, 4) is 11.3 Å². The smallest absolute Gasteiger partial charge is 0.227 e. The summed E-state index contributed by atoms with van der Waals surface area (Å²) in [6, 6.07) is 8.26. The maximum Gasteiger partial charge on any atom is 0.227 e. The van der Waals surface area contributed by atoms with Crippen molar-refractivity contribution in [2.24, 2.45) is 0 Å². The second kappa shape index (κ2) is 8.28. The lowest BCUT2D eigenvalue weighted by atomic mass is 10.2. The highest BCUT2D eigenvalue weighted by Gasteiger charge is 2.18. The van der Waals surface area contributed by atoms with Gasteiger partial charge in [-0.3, -0.25) is 4.79 Å². The first kappa shape index (κ1) is 20.3. The van der Waals surface area contributed by atoms with Gasteiger partial charge in [-0.2, -0.15) is 0 Å². The number of hydrogen-bond acceptors (Lipinski definition) is 6. The number of aryl methyl sites for hydroxylation is 1. The summed E-state index contributed by atoms with van der Waals surface area (Å²) in [5.74, 6) is -0.687. The molecule has 1 aromatic carbocycles. The summed E-state index contributed by atoms with van der Waals surface area (Å²) in [6.45, 7) is 1.88. The number of nitrogens with zero attached hydrogens (tertiary/aromatic N) is 1. The number of benzene rings is 1. The van der Waals surface area contributed by atoms with Gasteiger partial charge in [0.25, 0.3) is 0 Å². The Morgan fingerprint density at radius 1 is 1.22 bits per heavy atom. The van der Waals surface area contributed by atoms with Crippen molar-refractivity contribution in [2.75, 3.05) is 11.1 Å². The van der Waals surface area contributed by atoms with Gasteiger partial charge in [0, 0.05) is 17.4 Å². The third-order valence-electron chi connectivity index (χ3n) is 3.66. The van der Waals surface area contributed by atoms with E-state index < -0.39 is 15.7 Å². The molecule has 27 heavy (non-hydrogen) atoms. The van der Waals surface area contributed by atoms with Crippen molar-refractivity contribution >= 4 is 66.8 Å². The number of amides is 1. The minimum Gasteiger partial charge on any atom is -0.302 e. The molecule has 0 saturated heterocycles. The molecule has 3 rings (SSSR count). The van der Waals surface area contributed by atoms with Gasteiger partial charge in [0.05, 0.1) is 20.7 Å². The summed E-state index contributed by atoms with van der Waals surface area (Å²) in [6.07, 6.45) is -0.157. The van der Waals surface area contributed by atoms with Gasteiger partial charge in [0.2, 0.25) is 5.91 Å². The zero-order valence-electron chi connectivity index (χ0n) is 14.0. The number of hydrogen-bond donors (Lipinski definition) is 1. The van der Waals surface area contributed by atoms with E-state index in [9.17, 15) is 13.2 Å². The molecule has 0 atom stereocenters. The van der Waals surface area contributed by atoms with Gasteiger partial charge in [-0.1, -0.05) is 40.9 Å². The molecule has 10 heteroatoms. The van der Waals surface area contributed by atoms with Crippen molar-refractivity contribution in [1.82, 2.24) is 4.98 Å². The Hall–Kier alpha value is -1.45. The van der Waals surface area contributed by atoms with E-state index in [-0.39, 0.29) is 17.1 Å². The van der Waals surface area contributed by atoms with Crippen LogP contribution in [0.25, 0.3) is 11.3 Å². The second-order valence-corrected chi connectivity index (χ2v) is 11.0. The lowest BCUT2D eigenvalue weighted by Gasteiger charge is -2.05. The zero-order valence-corrected chi connectivity index (χ0v) is 18.0. The molecule has 0 spiro atoms. The minimum atomic E-state index is -3.51. The number of thiophene rings is 1. The van der Waals surface area contributed by atoms with E-state index in [0.717, 1.165) is 5.56 Å². The van der Waals surface area contributed by atoms with Crippen LogP contribution < -0.4 is 5.32 Å². The average Bonchev–Trinajstić information content (AvgIpc) is 3.19. The van der Waals surface area contributed by atoms with Gasteiger partial charge in [-0.25, -0.2) is 13.4 Å². The first-order chi connectivity index (χ1) is 12.7. The van der Waals surface area contributed by atoms with Crippen molar-refractivity contribution in [2.45, 2.75) is 18.2 Å². The third-order valence-corrected chi connectivity index (χ3v) is 7.64. The Balaban J connectivity index is 1.61. The summed E-state index contributed by atoms with van der Waals surface area (Å²) in [7, 11) is -3.51. The molecule has 2 aromatic heterocycles. The number of carbonyl (C=O) groups is 1. The zero-order chi connectivity index (χ0) is 19.6. The summed E-state index contributed by atoms with van der Waals surface area (Å²) in [4.78, 5) is 16.6. The number of thiazole rings is 1. The van der Waals surface area contributed by atoms with Crippen LogP contribution in [0, 0.1) is 6.92 Å². The molecule has 0 unspecified atom stereocenters. The minimum absolute atomic E-state index is 0.157. The Morgan fingerprint density at radius 2 is 1.93 bits per heavy atom. The SMILES string of the molecule is Cc1ccc(S(=O)(=O)CCC(=O)Nc2nc(-c3cc(Cl)sc3Cl)cs2)cc1. The Kier molecular flexibility index (Phi) is 6.22. The summed E-state index contributed by atoms with van der Waals surface area (Å²) >= 11 is 14.5. The quantitative estimate of drug-likeness (QED) is 0.541. The van der Waals surface area contributed by atoms with E-state index in [4.69, 9.17) is 23.2 Å². The van der Waals surface area contributed by atoms with Crippen LogP contribution in [0.2, 0.25) is 8.67 Å². The van der Waals surface area contributed by atoms with E-state index in [1.165, 1.54) is 22.7 Å². The van der Waals surface area contributed by atoms with Crippen molar-refractivity contribution in [3.05, 3.63) is 49.9 Å². The van der Waals surface area contributed by atoms with E-state index in [1.807, 2.05) is 6.92 Å². The lowest BCUT2D eigenvalue weighted by Crippen LogP contribution is -2.17. The summed E-state index contributed by atoms with van der Waals surface area (Å²) in [5.41, 5.74) is 2.28. The summed E-state index contributed by atoms with van der Waals surface area (Å²) in [5, 5.41) is 4.75. The number of aromatic nitrogens is 1. The molecule has 0 aliphatic heterocycles. The van der Waals surface area contributed by atoms with Gasteiger partial charge >= 0.3 is 0 Å². The Bertz CT molecular complexity index is 1070. The molecule has 1 amide bonds. The normalized spacial score (nSPS) is 11.5. The number of nitrogens with one attached hydrogen (secondary N) is 1. The molecular formula is C17H14Cl2N2O3S3. The molecule has 3 aromatic rings. The fourth-order valence-corrected chi connectivity index (χ4v) is 5.69. The predicted octanol–water partition coefficient (Wildman–Crippen LogP) is 5.29. The molecule has 0 radical (unpaired) electrons. The molecular weight excluding hydrogens is 447 g/mol. The van der Waals surface area contributed by atoms with E-state index >= 15 is 0 Å². The number of sulfone groups is 1.